The van der Waals surface area contributed by atoms with Gasteiger partial charge in [-0.3, -0.25) is 11.3 Å². The number of halogens is 1. The lowest BCUT2D eigenvalue weighted by molar-refractivity contribution is -0.129. The Kier molecular flexibility index (Phi) is 7.66. The number of hydrazine groups is 1. The molecule has 0 saturated heterocycles. The van der Waals surface area contributed by atoms with Gasteiger partial charge in [0.1, 0.15) is 5.71 Å². The van der Waals surface area contributed by atoms with Gasteiger partial charge in [0.2, 0.25) is 0 Å². The summed E-state index contributed by atoms with van der Waals surface area (Å²) >= 11 is 3.31. The van der Waals surface area contributed by atoms with E-state index in [2.05, 4.69) is 31.9 Å². The lowest BCUT2D eigenvalue weighted by atomic mass is 10.3. The highest BCUT2D eigenvalue weighted by atomic mass is 79.9. The Morgan fingerprint density at radius 1 is 1.09 bits per heavy atom. The molecular weight excluding hydrogens is 348 g/mol. The maximum Gasteiger partial charge on any atom is 0.351 e. The molecule has 5 N–H and O–H groups in total. The quantitative estimate of drug-likeness (QED) is 0.379. The van der Waals surface area contributed by atoms with E-state index in [0.29, 0.717) is 0 Å². The molecule has 0 amide bonds. The minimum absolute atomic E-state index is 0.0313. The van der Waals surface area contributed by atoms with Gasteiger partial charge >= 0.3 is 5.97 Å². The van der Waals surface area contributed by atoms with Crippen LogP contribution in [-0.2, 0) is 4.79 Å². The lowest BCUT2D eigenvalue weighted by Crippen LogP contribution is -2.10. The van der Waals surface area contributed by atoms with Gasteiger partial charge in [-0.2, -0.15) is 5.10 Å². The fourth-order valence-corrected chi connectivity index (χ4v) is 1.52. The molecule has 0 aromatic heterocycles. The van der Waals surface area contributed by atoms with Gasteiger partial charge in [0, 0.05) is 10.2 Å². The number of aliphatic carboxylic acids is 1. The third-order valence-corrected chi connectivity index (χ3v) is 2.98. The fourth-order valence-electron chi connectivity index (χ4n) is 1.26. The van der Waals surface area contributed by atoms with Gasteiger partial charge in [-0.15, -0.1) is 0 Å². The van der Waals surface area contributed by atoms with E-state index >= 15 is 0 Å². The molecule has 7 heteroatoms. The van der Waals surface area contributed by atoms with Gasteiger partial charge in [0.15, 0.2) is 0 Å². The molecule has 0 fully saturated rings. The maximum absolute atomic E-state index is 10.3. The molecule has 22 heavy (non-hydrogen) atoms. The van der Waals surface area contributed by atoms with Crippen molar-refractivity contribution in [2.45, 2.75) is 6.92 Å². The second kappa shape index (κ2) is 9.54. The first-order valence-corrected chi connectivity index (χ1v) is 7.13. The van der Waals surface area contributed by atoms with E-state index in [1.807, 2.05) is 42.5 Å². The molecule has 0 spiro atoms. The molecule has 2 aromatic carbocycles. The average molecular weight is 365 g/mol. The van der Waals surface area contributed by atoms with Crippen molar-refractivity contribution in [1.82, 2.24) is 0 Å². The Balaban J connectivity index is 0.000000235. The second-order valence-electron chi connectivity index (χ2n) is 4.13. The highest BCUT2D eigenvalue weighted by Crippen LogP contribution is 2.12. The standard InChI is InChI=1S/C9H10N2O2.C6H7BrN2/c1-7(9(12)13)10-11-8-5-3-2-4-6-8;7-5-1-3-6(9-8)4-2-5/h2-6,11H,1H3,(H,12,13);1-4,9H,8H2. The normalized spacial score (nSPS) is 10.2. The summed E-state index contributed by atoms with van der Waals surface area (Å²) < 4.78 is 1.06. The predicted molar refractivity (Wildman–Crippen MR) is 92.8 cm³/mol. The van der Waals surface area contributed by atoms with E-state index in [1.165, 1.54) is 6.92 Å². The van der Waals surface area contributed by atoms with Crippen LogP contribution in [-0.4, -0.2) is 16.8 Å². The number of carboxylic acids is 1. The molecule has 0 radical (unpaired) electrons. The van der Waals surface area contributed by atoms with Crippen LogP contribution in [0.1, 0.15) is 6.92 Å². The molecular formula is C15H17BrN4O2. The number of nitrogens with one attached hydrogen (secondary N) is 2. The molecule has 0 aliphatic heterocycles. The summed E-state index contributed by atoms with van der Waals surface area (Å²) in [5.74, 6) is 4.11. The molecule has 2 rings (SSSR count). The second-order valence-corrected chi connectivity index (χ2v) is 5.05. The summed E-state index contributed by atoms with van der Waals surface area (Å²) in [5.41, 5.74) is 6.88. The fraction of sp³-hybridized carbons (Fsp3) is 0.0667. The Bertz CT molecular complexity index is 615. The molecule has 0 unspecified atom stereocenters. The molecule has 0 saturated carbocycles. The minimum Gasteiger partial charge on any atom is -0.477 e. The topological polar surface area (TPSA) is 99.7 Å². The molecule has 6 nitrogen and oxygen atoms in total. The van der Waals surface area contributed by atoms with Crippen LogP contribution in [0.3, 0.4) is 0 Å². The zero-order valence-corrected chi connectivity index (χ0v) is 13.5. The molecule has 0 aliphatic rings. The SMILES string of the molecule is CC(=NNc1ccccc1)C(=O)O.NNc1ccc(Br)cc1. The number of hydrogen-bond acceptors (Lipinski definition) is 5. The van der Waals surface area contributed by atoms with Gasteiger partial charge in [0.05, 0.1) is 5.69 Å². The number of anilines is 2. The van der Waals surface area contributed by atoms with E-state index < -0.39 is 5.97 Å². The number of carbonyl (C=O) groups is 1. The van der Waals surface area contributed by atoms with Crippen molar-refractivity contribution >= 4 is 39.0 Å². The van der Waals surface area contributed by atoms with E-state index in [4.69, 9.17) is 10.9 Å². The van der Waals surface area contributed by atoms with Crippen molar-refractivity contribution < 1.29 is 9.90 Å². The van der Waals surface area contributed by atoms with Crippen molar-refractivity contribution in [3.05, 3.63) is 59.1 Å². The first-order chi connectivity index (χ1) is 10.5. The third-order valence-electron chi connectivity index (χ3n) is 2.45. The molecule has 0 bridgehead atoms. The number of hydrogen-bond donors (Lipinski definition) is 4. The van der Waals surface area contributed by atoms with Gasteiger partial charge in [-0.05, 0) is 43.3 Å². The highest BCUT2D eigenvalue weighted by molar-refractivity contribution is 9.10. The van der Waals surface area contributed by atoms with E-state index in [1.54, 1.807) is 12.1 Å². The number of rotatable bonds is 4. The summed E-state index contributed by atoms with van der Waals surface area (Å²) in [6, 6.07) is 16.8. The number of benzene rings is 2. The molecule has 0 atom stereocenters. The number of nitrogens with two attached hydrogens (primary N) is 1. The van der Waals surface area contributed by atoms with Gasteiger partial charge < -0.3 is 10.5 Å². The average Bonchev–Trinajstić information content (AvgIpc) is 2.55. The van der Waals surface area contributed by atoms with Crippen molar-refractivity contribution in [1.29, 1.82) is 0 Å². The number of hydrazone groups is 1. The summed E-state index contributed by atoms with van der Waals surface area (Å²) in [6.07, 6.45) is 0. The number of para-hydroxylation sites is 1. The first-order valence-electron chi connectivity index (χ1n) is 6.33. The number of carboxylic acid groups (broad SMARTS) is 1. The summed E-state index contributed by atoms with van der Waals surface area (Å²) in [4.78, 5) is 10.3. The Morgan fingerprint density at radius 2 is 1.68 bits per heavy atom. The molecule has 2 aromatic rings. The van der Waals surface area contributed by atoms with E-state index in [9.17, 15) is 4.79 Å². The number of nitrogens with zero attached hydrogens (tertiary/aromatic N) is 1. The summed E-state index contributed by atoms with van der Waals surface area (Å²) in [7, 11) is 0. The summed E-state index contributed by atoms with van der Waals surface area (Å²) in [6.45, 7) is 1.43. The van der Waals surface area contributed by atoms with Crippen LogP contribution in [0.2, 0.25) is 0 Å². The van der Waals surface area contributed by atoms with Crippen LogP contribution in [0.4, 0.5) is 11.4 Å². The van der Waals surface area contributed by atoms with Crippen LogP contribution in [0, 0.1) is 0 Å². The van der Waals surface area contributed by atoms with Crippen molar-refractivity contribution in [2.75, 3.05) is 10.9 Å². The van der Waals surface area contributed by atoms with Gasteiger partial charge in [-0.1, -0.05) is 34.1 Å². The van der Waals surface area contributed by atoms with E-state index in [-0.39, 0.29) is 5.71 Å². The smallest absolute Gasteiger partial charge is 0.351 e. The van der Waals surface area contributed by atoms with Crippen molar-refractivity contribution in [3.8, 4) is 0 Å². The third kappa shape index (κ3) is 6.87. The predicted octanol–water partition coefficient (Wildman–Crippen LogP) is 3.29. The Morgan fingerprint density at radius 3 is 2.18 bits per heavy atom. The van der Waals surface area contributed by atoms with Crippen LogP contribution >= 0.6 is 15.9 Å². The zero-order chi connectivity index (χ0) is 16.4. The van der Waals surface area contributed by atoms with Crippen LogP contribution < -0.4 is 16.7 Å². The largest absolute Gasteiger partial charge is 0.477 e. The van der Waals surface area contributed by atoms with E-state index in [0.717, 1.165) is 15.8 Å². The molecule has 0 heterocycles. The Labute approximate surface area is 137 Å². The molecule has 116 valence electrons. The van der Waals surface area contributed by atoms with Crippen LogP contribution in [0.15, 0.2) is 64.2 Å². The lowest BCUT2D eigenvalue weighted by Gasteiger charge is -1.98. The zero-order valence-electron chi connectivity index (χ0n) is 12.0. The van der Waals surface area contributed by atoms with Crippen molar-refractivity contribution in [3.63, 3.8) is 0 Å². The van der Waals surface area contributed by atoms with Crippen LogP contribution in [0.25, 0.3) is 0 Å². The van der Waals surface area contributed by atoms with Gasteiger partial charge in [0.25, 0.3) is 0 Å². The molecule has 0 aliphatic carbocycles. The number of nitrogen functional groups attached to an aromatic ring is 1. The summed E-state index contributed by atoms with van der Waals surface area (Å²) in [5, 5.41) is 12.2. The highest BCUT2D eigenvalue weighted by Gasteiger charge is 1.99. The van der Waals surface area contributed by atoms with Crippen LogP contribution in [0.5, 0.6) is 0 Å². The van der Waals surface area contributed by atoms with Crippen molar-refractivity contribution in [2.24, 2.45) is 10.9 Å². The first kappa shape index (κ1) is 17.7. The van der Waals surface area contributed by atoms with Gasteiger partial charge in [-0.25, -0.2) is 4.79 Å². The monoisotopic (exact) mass is 364 g/mol. The maximum atomic E-state index is 10.3. The minimum atomic E-state index is -1.02. The Hall–Kier alpha value is -2.38.